The van der Waals surface area contributed by atoms with Gasteiger partial charge < -0.3 is 15.0 Å². The fraction of sp³-hybridized carbons (Fsp3) is 0.560. The van der Waals surface area contributed by atoms with Gasteiger partial charge in [-0.15, -0.1) is 0 Å². The predicted molar refractivity (Wildman–Crippen MR) is 132 cm³/mol. The lowest BCUT2D eigenvalue weighted by atomic mass is 9.92. The van der Waals surface area contributed by atoms with Crippen molar-refractivity contribution >= 4 is 34.5 Å². The second-order valence-electron chi connectivity index (χ2n) is 10.1. The number of fused-ring (bicyclic) bond motifs is 1. The molecule has 0 spiro atoms. The van der Waals surface area contributed by atoms with Crippen molar-refractivity contribution in [2.24, 2.45) is 16.3 Å². The summed E-state index contributed by atoms with van der Waals surface area (Å²) in [6.45, 7) is 13.3. The Balaban J connectivity index is 1.87. The Morgan fingerprint density at radius 2 is 1.94 bits per heavy atom. The average molecular weight is 458 g/mol. The van der Waals surface area contributed by atoms with Crippen LogP contribution >= 0.6 is 11.8 Å². The zero-order chi connectivity index (χ0) is 23.5. The van der Waals surface area contributed by atoms with Crippen molar-refractivity contribution in [1.82, 2.24) is 4.90 Å². The number of aliphatic imine (C=N–C) groups is 1. The SMILES string of the molecule is CC1=C(C(=O)OCC(C)C)[C@H](c2ccc(NC(=O)CC(C)(C)C)cc2)N2CCCSC2=N1. The van der Waals surface area contributed by atoms with Crippen LogP contribution in [0.2, 0.25) is 0 Å². The van der Waals surface area contributed by atoms with Crippen molar-refractivity contribution in [3.05, 3.63) is 41.1 Å². The molecule has 1 aromatic carbocycles. The van der Waals surface area contributed by atoms with E-state index >= 15 is 0 Å². The molecule has 0 unspecified atom stereocenters. The minimum absolute atomic E-state index is 0.00143. The third-order valence-corrected chi connectivity index (χ3v) is 6.30. The van der Waals surface area contributed by atoms with Crippen LogP contribution in [0.3, 0.4) is 0 Å². The highest BCUT2D eigenvalue weighted by Crippen LogP contribution is 2.40. The molecule has 1 N–H and O–H groups in total. The number of nitrogens with zero attached hydrogens (tertiary/aromatic N) is 2. The summed E-state index contributed by atoms with van der Waals surface area (Å²) in [5, 5.41) is 3.94. The Morgan fingerprint density at radius 1 is 1.25 bits per heavy atom. The maximum Gasteiger partial charge on any atom is 0.338 e. The van der Waals surface area contributed by atoms with Crippen molar-refractivity contribution in [3.63, 3.8) is 0 Å². The lowest BCUT2D eigenvalue weighted by Gasteiger charge is -2.40. The number of amidine groups is 1. The lowest BCUT2D eigenvalue weighted by molar-refractivity contribution is -0.141. The average Bonchev–Trinajstić information content (AvgIpc) is 2.70. The van der Waals surface area contributed by atoms with Gasteiger partial charge in [-0.1, -0.05) is 58.5 Å². The van der Waals surface area contributed by atoms with Gasteiger partial charge in [0, 0.05) is 24.4 Å². The van der Waals surface area contributed by atoms with Gasteiger partial charge in [0.25, 0.3) is 0 Å². The second kappa shape index (κ2) is 10.1. The van der Waals surface area contributed by atoms with Gasteiger partial charge in [0.05, 0.1) is 23.9 Å². The first kappa shape index (κ1) is 24.4. The number of nitrogens with one attached hydrogen (secondary N) is 1. The van der Waals surface area contributed by atoms with Gasteiger partial charge in [-0.05, 0) is 42.4 Å². The molecule has 7 heteroatoms. The molecule has 32 heavy (non-hydrogen) atoms. The Hall–Kier alpha value is -2.28. The maximum atomic E-state index is 13.1. The third-order valence-electron chi connectivity index (χ3n) is 5.23. The zero-order valence-corrected chi connectivity index (χ0v) is 20.8. The van der Waals surface area contributed by atoms with Crippen LogP contribution in [0, 0.1) is 11.3 Å². The normalized spacial score (nSPS) is 18.9. The molecular formula is C25H35N3O3S. The number of hydrogen-bond acceptors (Lipinski definition) is 6. The van der Waals surface area contributed by atoms with E-state index in [2.05, 4.69) is 10.2 Å². The van der Waals surface area contributed by atoms with Crippen LogP contribution in [0.15, 0.2) is 40.5 Å². The lowest BCUT2D eigenvalue weighted by Crippen LogP contribution is -2.42. The van der Waals surface area contributed by atoms with Crippen molar-refractivity contribution in [2.75, 3.05) is 24.2 Å². The van der Waals surface area contributed by atoms with Crippen molar-refractivity contribution < 1.29 is 14.3 Å². The molecule has 2 aliphatic heterocycles. The number of carbonyl (C=O) groups is 2. The zero-order valence-electron chi connectivity index (χ0n) is 20.0. The summed E-state index contributed by atoms with van der Waals surface area (Å²) in [4.78, 5) is 32.3. The molecule has 1 fully saturated rings. The molecule has 6 nitrogen and oxygen atoms in total. The van der Waals surface area contributed by atoms with E-state index in [1.54, 1.807) is 11.8 Å². The van der Waals surface area contributed by atoms with Crippen LogP contribution in [0.25, 0.3) is 0 Å². The maximum absolute atomic E-state index is 13.1. The van der Waals surface area contributed by atoms with E-state index in [9.17, 15) is 9.59 Å². The predicted octanol–water partition coefficient (Wildman–Crippen LogP) is 5.38. The van der Waals surface area contributed by atoms with Crippen LogP contribution in [0.1, 0.15) is 66.0 Å². The van der Waals surface area contributed by atoms with Crippen LogP contribution in [0.4, 0.5) is 5.69 Å². The third kappa shape index (κ3) is 6.15. The molecule has 0 radical (unpaired) electrons. The summed E-state index contributed by atoms with van der Waals surface area (Å²) >= 11 is 1.73. The smallest absolute Gasteiger partial charge is 0.338 e. The number of esters is 1. The molecule has 2 heterocycles. The molecule has 0 aliphatic carbocycles. The highest BCUT2D eigenvalue weighted by molar-refractivity contribution is 8.13. The quantitative estimate of drug-likeness (QED) is 0.581. The molecular weight excluding hydrogens is 422 g/mol. The van der Waals surface area contributed by atoms with Crippen LogP contribution < -0.4 is 5.32 Å². The highest BCUT2D eigenvalue weighted by atomic mass is 32.2. The monoisotopic (exact) mass is 457 g/mol. The molecule has 0 aromatic heterocycles. The van der Waals surface area contributed by atoms with Gasteiger partial charge in [-0.2, -0.15) is 0 Å². The van der Waals surface area contributed by atoms with E-state index in [-0.39, 0.29) is 29.3 Å². The number of allylic oxidation sites excluding steroid dienone is 1. The van der Waals surface area contributed by atoms with Gasteiger partial charge in [-0.25, -0.2) is 9.79 Å². The largest absolute Gasteiger partial charge is 0.462 e. The van der Waals surface area contributed by atoms with Gasteiger partial charge in [0.2, 0.25) is 5.91 Å². The number of carbonyl (C=O) groups excluding carboxylic acids is 2. The standard InChI is InChI=1S/C25H35N3O3S/c1-16(2)15-31-23(30)21-17(3)26-24-28(12-7-13-32-24)22(21)18-8-10-19(11-9-18)27-20(29)14-25(4,5)6/h8-11,16,22H,7,12-15H2,1-6H3,(H,27,29)/t22-/m0/s1. The number of anilines is 1. The van der Waals surface area contributed by atoms with Crippen LogP contribution in [0.5, 0.6) is 0 Å². The Morgan fingerprint density at radius 3 is 2.56 bits per heavy atom. The number of hydrogen-bond donors (Lipinski definition) is 1. The number of benzene rings is 1. The highest BCUT2D eigenvalue weighted by Gasteiger charge is 2.38. The number of amides is 1. The minimum Gasteiger partial charge on any atom is -0.462 e. The first-order chi connectivity index (χ1) is 15.0. The van der Waals surface area contributed by atoms with Gasteiger partial charge in [0.1, 0.15) is 0 Å². The summed E-state index contributed by atoms with van der Waals surface area (Å²) in [6, 6.07) is 7.55. The van der Waals surface area contributed by atoms with Crippen molar-refractivity contribution in [1.29, 1.82) is 0 Å². The molecule has 1 saturated heterocycles. The Kier molecular flexibility index (Phi) is 7.70. The van der Waals surface area contributed by atoms with Gasteiger partial charge in [-0.3, -0.25) is 4.79 Å². The molecule has 1 amide bonds. The van der Waals surface area contributed by atoms with Crippen LogP contribution in [-0.2, 0) is 14.3 Å². The minimum atomic E-state index is -0.304. The van der Waals surface area contributed by atoms with Crippen molar-refractivity contribution in [2.45, 2.75) is 60.4 Å². The summed E-state index contributed by atoms with van der Waals surface area (Å²) < 4.78 is 5.61. The fourth-order valence-corrected chi connectivity index (χ4v) is 4.85. The second-order valence-corrected chi connectivity index (χ2v) is 11.2. The number of thioether (sulfide) groups is 1. The molecule has 2 aliphatic rings. The van der Waals surface area contributed by atoms with Gasteiger partial charge in [0.15, 0.2) is 5.17 Å². The summed E-state index contributed by atoms with van der Waals surface area (Å²) in [6.07, 6.45) is 1.49. The first-order valence-corrected chi connectivity index (χ1v) is 12.3. The number of ether oxygens (including phenoxy) is 1. The van der Waals surface area contributed by atoms with E-state index in [4.69, 9.17) is 9.73 Å². The van der Waals surface area contributed by atoms with Crippen LogP contribution in [-0.4, -0.2) is 40.8 Å². The molecule has 0 bridgehead atoms. The van der Waals surface area contributed by atoms with Crippen molar-refractivity contribution in [3.8, 4) is 0 Å². The molecule has 174 valence electrons. The topological polar surface area (TPSA) is 71.0 Å². The summed E-state index contributed by atoms with van der Waals surface area (Å²) in [5.74, 6) is 0.990. The van der Waals surface area contributed by atoms with E-state index in [0.717, 1.165) is 35.1 Å². The molecule has 0 saturated carbocycles. The van der Waals surface area contributed by atoms with E-state index < -0.39 is 0 Å². The van der Waals surface area contributed by atoms with E-state index in [1.165, 1.54) is 0 Å². The number of rotatable bonds is 6. The van der Waals surface area contributed by atoms with Gasteiger partial charge >= 0.3 is 5.97 Å². The molecule has 3 rings (SSSR count). The Labute approximate surface area is 195 Å². The fourth-order valence-electron chi connectivity index (χ4n) is 3.83. The molecule has 1 atom stereocenters. The Bertz CT molecular complexity index is 913. The molecule has 1 aromatic rings. The summed E-state index contributed by atoms with van der Waals surface area (Å²) in [7, 11) is 0. The first-order valence-electron chi connectivity index (χ1n) is 11.3. The van der Waals surface area contributed by atoms with E-state index in [0.29, 0.717) is 24.3 Å². The summed E-state index contributed by atoms with van der Waals surface area (Å²) in [5.41, 5.74) is 2.99. The van der Waals surface area contributed by atoms with E-state index in [1.807, 2.05) is 65.8 Å².